The first kappa shape index (κ1) is 17.2. The number of hydrogen-bond acceptors (Lipinski definition) is 2. The number of halogens is 4. The van der Waals surface area contributed by atoms with Crippen molar-refractivity contribution < 1.29 is 21.6 Å². The molecule has 0 amide bonds. The minimum atomic E-state index is -4.29. The fraction of sp³-hybridized carbons (Fsp3) is 1.00. The fourth-order valence-corrected chi connectivity index (χ4v) is 2.97. The van der Waals surface area contributed by atoms with Crippen LogP contribution in [-0.2, 0) is 10.0 Å². The first-order chi connectivity index (χ1) is 7.66. The van der Waals surface area contributed by atoms with Crippen molar-refractivity contribution in [1.82, 2.24) is 4.72 Å². The highest BCUT2D eigenvalue weighted by atomic mass is 79.9. The molecule has 0 fully saturated rings. The minimum absolute atomic E-state index is 0.247. The second-order valence-corrected chi connectivity index (χ2v) is 6.55. The average Bonchev–Trinajstić information content (AvgIpc) is 2.11. The maximum absolute atomic E-state index is 11.8. The molecular weight excluding hydrogens is 323 g/mol. The topological polar surface area (TPSA) is 46.2 Å². The van der Waals surface area contributed by atoms with E-state index in [1.54, 1.807) is 6.92 Å². The lowest BCUT2D eigenvalue weighted by molar-refractivity contribution is -0.134. The minimum Gasteiger partial charge on any atom is -0.212 e. The molecule has 0 aromatic rings. The van der Waals surface area contributed by atoms with Crippen molar-refractivity contribution in [3.8, 4) is 0 Å². The normalized spacial score (nSPS) is 14.9. The molecule has 0 radical (unpaired) electrons. The van der Waals surface area contributed by atoms with E-state index in [2.05, 4.69) is 20.7 Å². The van der Waals surface area contributed by atoms with Gasteiger partial charge in [0.05, 0.1) is 5.75 Å². The number of alkyl halides is 4. The summed E-state index contributed by atoms with van der Waals surface area (Å²) in [6.07, 6.45) is -4.29. The van der Waals surface area contributed by atoms with Crippen molar-refractivity contribution >= 4 is 26.0 Å². The zero-order valence-corrected chi connectivity index (χ0v) is 12.0. The van der Waals surface area contributed by atoms with Crippen molar-refractivity contribution in [2.24, 2.45) is 0 Å². The number of rotatable bonds is 8. The zero-order valence-electron chi connectivity index (χ0n) is 9.56. The quantitative estimate of drug-likeness (QED) is 0.691. The second kappa shape index (κ2) is 7.58. The van der Waals surface area contributed by atoms with Crippen LogP contribution in [0.25, 0.3) is 0 Å². The molecule has 1 atom stereocenters. The van der Waals surface area contributed by atoms with Gasteiger partial charge in [-0.25, -0.2) is 13.1 Å². The van der Waals surface area contributed by atoms with Gasteiger partial charge in [-0.2, -0.15) is 13.2 Å². The Morgan fingerprint density at radius 3 is 2.35 bits per heavy atom. The molecule has 0 aromatic heterocycles. The van der Waals surface area contributed by atoms with Crippen molar-refractivity contribution in [3.05, 3.63) is 0 Å². The maximum Gasteiger partial charge on any atom is 0.389 e. The van der Waals surface area contributed by atoms with Gasteiger partial charge in [-0.1, -0.05) is 15.9 Å². The van der Waals surface area contributed by atoms with E-state index < -0.39 is 34.8 Å². The number of hydrogen-bond donors (Lipinski definition) is 1. The van der Waals surface area contributed by atoms with Gasteiger partial charge in [0.2, 0.25) is 10.0 Å². The van der Waals surface area contributed by atoms with Crippen LogP contribution in [0.15, 0.2) is 0 Å². The molecule has 0 aliphatic heterocycles. The monoisotopic (exact) mass is 339 g/mol. The molecule has 0 aliphatic carbocycles. The summed E-state index contributed by atoms with van der Waals surface area (Å²) in [5.74, 6) is -0.481. The molecule has 0 aromatic carbocycles. The lowest BCUT2D eigenvalue weighted by Gasteiger charge is -2.13. The van der Waals surface area contributed by atoms with Crippen LogP contribution in [0.4, 0.5) is 13.2 Å². The predicted octanol–water partition coefficient (Wildman–Crippen LogP) is 2.81. The molecule has 0 rings (SSSR count). The Balaban J connectivity index is 3.96. The largest absolute Gasteiger partial charge is 0.389 e. The van der Waals surface area contributed by atoms with Gasteiger partial charge in [0.25, 0.3) is 0 Å². The first-order valence-corrected chi connectivity index (χ1v) is 8.06. The highest BCUT2D eigenvalue weighted by molar-refractivity contribution is 9.09. The molecule has 1 N–H and O–H groups in total. The van der Waals surface area contributed by atoms with Crippen LogP contribution in [0.2, 0.25) is 0 Å². The summed E-state index contributed by atoms with van der Waals surface area (Å²) >= 11 is 3.22. The Kier molecular flexibility index (Phi) is 7.66. The van der Waals surface area contributed by atoms with Gasteiger partial charge in [0, 0.05) is 17.8 Å². The molecule has 8 heteroatoms. The smallest absolute Gasteiger partial charge is 0.212 e. The van der Waals surface area contributed by atoms with E-state index in [0.29, 0.717) is 6.42 Å². The molecule has 0 aliphatic rings. The van der Waals surface area contributed by atoms with E-state index >= 15 is 0 Å². The van der Waals surface area contributed by atoms with Crippen molar-refractivity contribution in [1.29, 1.82) is 0 Å². The van der Waals surface area contributed by atoms with E-state index in [1.165, 1.54) is 0 Å². The molecule has 0 saturated heterocycles. The number of nitrogens with one attached hydrogen (secondary N) is 1. The molecular formula is C9H17BrF3NO2S. The zero-order chi connectivity index (χ0) is 13.5. The Morgan fingerprint density at radius 2 is 1.88 bits per heavy atom. The molecule has 1 unspecified atom stereocenters. The van der Waals surface area contributed by atoms with E-state index in [-0.39, 0.29) is 6.04 Å². The molecule has 104 valence electrons. The predicted molar refractivity (Wildman–Crippen MR) is 64.7 cm³/mol. The lowest BCUT2D eigenvalue weighted by Crippen LogP contribution is -2.34. The van der Waals surface area contributed by atoms with E-state index in [0.717, 1.165) is 11.8 Å². The van der Waals surface area contributed by atoms with Gasteiger partial charge in [-0.3, -0.25) is 0 Å². The van der Waals surface area contributed by atoms with E-state index in [4.69, 9.17) is 0 Å². The third-order valence-electron chi connectivity index (χ3n) is 2.02. The summed E-state index contributed by atoms with van der Waals surface area (Å²) in [7, 11) is -3.60. The third kappa shape index (κ3) is 11.0. The molecule has 17 heavy (non-hydrogen) atoms. The standard InChI is InChI=1S/C9H17BrF3NO2S/c1-8(4-2-6-10)14-17(15,16)7-3-5-9(11,12)13/h8,14H,2-7H2,1H3. The Labute approximate surface area is 108 Å². The second-order valence-electron chi connectivity index (χ2n) is 3.89. The van der Waals surface area contributed by atoms with Crippen LogP contribution in [0.1, 0.15) is 32.6 Å². The van der Waals surface area contributed by atoms with Crippen molar-refractivity contribution in [3.63, 3.8) is 0 Å². The van der Waals surface area contributed by atoms with Gasteiger partial charge >= 0.3 is 6.18 Å². The van der Waals surface area contributed by atoms with Crippen molar-refractivity contribution in [2.75, 3.05) is 11.1 Å². The summed E-state index contributed by atoms with van der Waals surface area (Å²) in [6, 6.07) is -0.247. The molecule has 0 saturated carbocycles. The van der Waals surface area contributed by atoms with Crippen LogP contribution in [0.3, 0.4) is 0 Å². The van der Waals surface area contributed by atoms with Crippen LogP contribution in [-0.4, -0.2) is 31.7 Å². The lowest BCUT2D eigenvalue weighted by atomic mass is 10.2. The highest BCUT2D eigenvalue weighted by Crippen LogP contribution is 2.21. The van der Waals surface area contributed by atoms with Crippen LogP contribution in [0, 0.1) is 0 Å². The van der Waals surface area contributed by atoms with Gasteiger partial charge in [-0.15, -0.1) is 0 Å². The van der Waals surface area contributed by atoms with Crippen LogP contribution >= 0.6 is 15.9 Å². The third-order valence-corrected chi connectivity index (χ3v) is 4.17. The molecule has 0 spiro atoms. The summed E-state index contributed by atoms with van der Waals surface area (Å²) in [5.41, 5.74) is 0. The summed E-state index contributed by atoms with van der Waals surface area (Å²) in [6.45, 7) is 1.70. The maximum atomic E-state index is 11.8. The van der Waals surface area contributed by atoms with Gasteiger partial charge in [-0.05, 0) is 26.2 Å². The van der Waals surface area contributed by atoms with Crippen LogP contribution in [0.5, 0.6) is 0 Å². The van der Waals surface area contributed by atoms with E-state index in [1.807, 2.05) is 0 Å². The highest BCUT2D eigenvalue weighted by Gasteiger charge is 2.27. The van der Waals surface area contributed by atoms with Gasteiger partial charge in [0.15, 0.2) is 0 Å². The SMILES string of the molecule is CC(CCCBr)NS(=O)(=O)CCCC(F)(F)F. The average molecular weight is 340 g/mol. The fourth-order valence-electron chi connectivity index (χ4n) is 1.27. The Bertz CT molecular complexity index is 306. The molecule has 0 bridgehead atoms. The summed E-state index contributed by atoms with van der Waals surface area (Å²) < 4.78 is 60.7. The van der Waals surface area contributed by atoms with Gasteiger partial charge in [0.1, 0.15) is 0 Å². The molecule has 3 nitrogen and oxygen atoms in total. The first-order valence-electron chi connectivity index (χ1n) is 5.29. The van der Waals surface area contributed by atoms with E-state index in [9.17, 15) is 21.6 Å². The number of sulfonamides is 1. The molecule has 0 heterocycles. The summed E-state index contributed by atoms with van der Waals surface area (Å²) in [5, 5.41) is 0.771. The van der Waals surface area contributed by atoms with Crippen molar-refractivity contribution in [2.45, 2.75) is 44.8 Å². The van der Waals surface area contributed by atoms with Crippen LogP contribution < -0.4 is 4.72 Å². The Hall–Kier alpha value is 0.180. The summed E-state index contributed by atoms with van der Waals surface area (Å²) in [4.78, 5) is 0. The Morgan fingerprint density at radius 1 is 1.29 bits per heavy atom. The van der Waals surface area contributed by atoms with Gasteiger partial charge < -0.3 is 0 Å².